The maximum Gasteiger partial charge on any atom is 0.270 e. The smallest absolute Gasteiger partial charge is 0.270 e. The van der Waals surface area contributed by atoms with Crippen molar-refractivity contribution in [1.29, 1.82) is 0 Å². The van der Waals surface area contributed by atoms with E-state index in [0.717, 1.165) is 16.7 Å². The van der Waals surface area contributed by atoms with Gasteiger partial charge in [0.15, 0.2) is 0 Å². The van der Waals surface area contributed by atoms with Crippen LogP contribution in [-0.4, -0.2) is 4.92 Å². The molecule has 0 aromatic heterocycles. The van der Waals surface area contributed by atoms with Crippen LogP contribution in [0.5, 0.6) is 0 Å². The van der Waals surface area contributed by atoms with Gasteiger partial charge in [0.2, 0.25) is 0 Å². The van der Waals surface area contributed by atoms with Gasteiger partial charge < -0.3 is 5.73 Å². The van der Waals surface area contributed by atoms with Crippen molar-refractivity contribution in [3.8, 4) is 0 Å². The third kappa shape index (κ3) is 3.50. The summed E-state index contributed by atoms with van der Waals surface area (Å²) in [6.45, 7) is 0.499. The van der Waals surface area contributed by atoms with Crippen molar-refractivity contribution in [3.63, 3.8) is 0 Å². The van der Waals surface area contributed by atoms with Gasteiger partial charge >= 0.3 is 0 Å². The van der Waals surface area contributed by atoms with Gasteiger partial charge in [0.05, 0.1) is 4.92 Å². The third-order valence-electron chi connectivity index (χ3n) is 2.74. The van der Waals surface area contributed by atoms with E-state index in [0.29, 0.717) is 6.54 Å². The normalized spacial score (nSPS) is 10.8. The summed E-state index contributed by atoms with van der Waals surface area (Å²) < 4.78 is 0. The molecule has 0 saturated heterocycles. The third-order valence-corrected chi connectivity index (χ3v) is 2.74. The van der Waals surface area contributed by atoms with Crippen LogP contribution in [0, 0.1) is 10.1 Å². The highest BCUT2D eigenvalue weighted by Crippen LogP contribution is 2.16. The van der Waals surface area contributed by atoms with E-state index in [2.05, 4.69) is 0 Å². The maximum absolute atomic E-state index is 10.7. The molecular formula is C15H14N2O2. The number of hydrogen-bond acceptors (Lipinski definition) is 3. The predicted molar refractivity (Wildman–Crippen MR) is 76.4 cm³/mol. The molecule has 19 heavy (non-hydrogen) atoms. The first-order valence-corrected chi connectivity index (χ1v) is 5.90. The van der Waals surface area contributed by atoms with Crippen molar-refractivity contribution in [1.82, 2.24) is 0 Å². The van der Waals surface area contributed by atoms with E-state index in [1.807, 2.05) is 42.5 Å². The van der Waals surface area contributed by atoms with Crippen LogP contribution in [0.25, 0.3) is 12.2 Å². The highest BCUT2D eigenvalue weighted by Gasteiger charge is 2.03. The predicted octanol–water partition coefficient (Wildman–Crippen LogP) is 3.22. The number of nitrogens with zero attached hydrogens (tertiary/aromatic N) is 1. The summed E-state index contributed by atoms with van der Waals surface area (Å²) in [6.07, 6.45) is 3.76. The van der Waals surface area contributed by atoms with Gasteiger partial charge in [0.1, 0.15) is 0 Å². The summed E-state index contributed by atoms with van der Waals surface area (Å²) in [6, 6.07) is 14.4. The second kappa shape index (κ2) is 5.93. The van der Waals surface area contributed by atoms with E-state index in [1.54, 1.807) is 12.1 Å². The van der Waals surface area contributed by atoms with Crippen LogP contribution < -0.4 is 5.73 Å². The highest BCUT2D eigenvalue weighted by atomic mass is 16.6. The first-order valence-electron chi connectivity index (χ1n) is 5.90. The molecule has 0 heterocycles. The Balaban J connectivity index is 2.22. The molecule has 2 aromatic rings. The van der Waals surface area contributed by atoms with E-state index in [4.69, 9.17) is 5.73 Å². The average molecular weight is 254 g/mol. The van der Waals surface area contributed by atoms with Crippen molar-refractivity contribution in [2.75, 3.05) is 0 Å². The van der Waals surface area contributed by atoms with Crippen molar-refractivity contribution in [2.45, 2.75) is 6.54 Å². The molecule has 0 atom stereocenters. The Morgan fingerprint density at radius 3 is 2.32 bits per heavy atom. The topological polar surface area (TPSA) is 69.2 Å². The van der Waals surface area contributed by atoms with Gasteiger partial charge in [-0.2, -0.15) is 0 Å². The molecule has 0 saturated carbocycles. The van der Waals surface area contributed by atoms with Crippen LogP contribution >= 0.6 is 0 Å². The van der Waals surface area contributed by atoms with Gasteiger partial charge in [-0.05, 0) is 16.7 Å². The minimum absolute atomic E-state index is 0.0952. The van der Waals surface area contributed by atoms with Crippen LogP contribution in [0.15, 0.2) is 48.5 Å². The molecule has 0 amide bonds. The molecular weight excluding hydrogens is 240 g/mol. The van der Waals surface area contributed by atoms with Gasteiger partial charge in [0, 0.05) is 18.7 Å². The summed E-state index contributed by atoms with van der Waals surface area (Å²) >= 11 is 0. The van der Waals surface area contributed by atoms with Crippen LogP contribution in [0.1, 0.15) is 16.7 Å². The molecule has 0 aliphatic rings. The second-order valence-electron chi connectivity index (χ2n) is 4.13. The lowest BCUT2D eigenvalue weighted by Crippen LogP contribution is -1.95. The van der Waals surface area contributed by atoms with Crippen molar-refractivity contribution in [3.05, 3.63) is 75.3 Å². The van der Waals surface area contributed by atoms with Crippen LogP contribution in [0.2, 0.25) is 0 Å². The quantitative estimate of drug-likeness (QED) is 0.517. The fraction of sp³-hybridized carbons (Fsp3) is 0.0667. The minimum Gasteiger partial charge on any atom is -0.326 e. The Morgan fingerprint density at radius 1 is 1.05 bits per heavy atom. The summed E-state index contributed by atoms with van der Waals surface area (Å²) in [5, 5.41) is 10.7. The summed E-state index contributed by atoms with van der Waals surface area (Å²) in [5.41, 5.74) is 8.55. The van der Waals surface area contributed by atoms with E-state index in [9.17, 15) is 10.1 Å². The Hall–Kier alpha value is -2.46. The molecule has 0 spiro atoms. The van der Waals surface area contributed by atoms with Gasteiger partial charge in [-0.15, -0.1) is 0 Å². The number of hydrogen-bond donors (Lipinski definition) is 1. The summed E-state index contributed by atoms with van der Waals surface area (Å²) in [7, 11) is 0. The Kier molecular flexibility index (Phi) is 4.05. The monoisotopic (exact) mass is 254 g/mol. The first kappa shape index (κ1) is 13.0. The summed E-state index contributed by atoms with van der Waals surface area (Å²) in [4.78, 5) is 10.3. The molecule has 2 rings (SSSR count). The Morgan fingerprint density at radius 2 is 1.68 bits per heavy atom. The summed E-state index contributed by atoms with van der Waals surface area (Å²) in [5.74, 6) is 0. The SMILES string of the molecule is NCc1cccc(/C=C/c2cccc([N+](=O)[O-])c2)c1. The van der Waals surface area contributed by atoms with E-state index >= 15 is 0 Å². The zero-order valence-electron chi connectivity index (χ0n) is 10.3. The number of nitro benzene ring substituents is 1. The minimum atomic E-state index is -0.396. The van der Waals surface area contributed by atoms with E-state index < -0.39 is 4.92 Å². The molecule has 0 unspecified atom stereocenters. The van der Waals surface area contributed by atoms with Crippen molar-refractivity contribution < 1.29 is 4.92 Å². The molecule has 4 nitrogen and oxygen atoms in total. The Labute approximate surface area is 111 Å². The molecule has 4 heteroatoms. The number of nitro groups is 1. The molecule has 2 aromatic carbocycles. The number of nitrogens with two attached hydrogens (primary N) is 1. The van der Waals surface area contributed by atoms with Crippen LogP contribution in [-0.2, 0) is 6.54 Å². The molecule has 96 valence electrons. The molecule has 0 radical (unpaired) electrons. The number of rotatable bonds is 4. The lowest BCUT2D eigenvalue weighted by Gasteiger charge is -1.99. The molecule has 0 bridgehead atoms. The molecule has 0 aliphatic carbocycles. The molecule has 2 N–H and O–H groups in total. The van der Waals surface area contributed by atoms with Crippen molar-refractivity contribution in [2.24, 2.45) is 5.73 Å². The molecule has 0 fully saturated rings. The lowest BCUT2D eigenvalue weighted by molar-refractivity contribution is -0.384. The number of benzene rings is 2. The largest absolute Gasteiger partial charge is 0.326 e. The number of non-ortho nitro benzene ring substituents is 1. The van der Waals surface area contributed by atoms with Crippen molar-refractivity contribution >= 4 is 17.8 Å². The average Bonchev–Trinajstić information content (AvgIpc) is 2.45. The zero-order valence-corrected chi connectivity index (χ0v) is 10.3. The second-order valence-corrected chi connectivity index (χ2v) is 4.13. The van der Waals surface area contributed by atoms with Gasteiger partial charge in [-0.25, -0.2) is 0 Å². The van der Waals surface area contributed by atoms with Gasteiger partial charge in [0.25, 0.3) is 5.69 Å². The first-order chi connectivity index (χ1) is 9.19. The van der Waals surface area contributed by atoms with Gasteiger partial charge in [-0.3, -0.25) is 10.1 Å². The highest BCUT2D eigenvalue weighted by molar-refractivity contribution is 5.70. The van der Waals surface area contributed by atoms with E-state index in [-0.39, 0.29) is 5.69 Å². The van der Waals surface area contributed by atoms with Crippen LogP contribution in [0.4, 0.5) is 5.69 Å². The van der Waals surface area contributed by atoms with E-state index in [1.165, 1.54) is 6.07 Å². The zero-order chi connectivity index (χ0) is 13.7. The lowest BCUT2D eigenvalue weighted by atomic mass is 10.1. The molecule has 0 aliphatic heterocycles. The fourth-order valence-electron chi connectivity index (χ4n) is 1.76. The van der Waals surface area contributed by atoms with Gasteiger partial charge in [-0.1, -0.05) is 48.6 Å². The Bertz CT molecular complexity index is 621. The fourth-order valence-corrected chi connectivity index (χ4v) is 1.76. The maximum atomic E-state index is 10.7. The standard InChI is InChI=1S/C15H14N2O2/c16-11-14-5-1-3-12(9-14)7-8-13-4-2-6-15(10-13)17(18)19/h1-10H,11,16H2/b8-7+. The van der Waals surface area contributed by atoms with Crippen LogP contribution in [0.3, 0.4) is 0 Å².